The molecule has 17 heavy (non-hydrogen) atoms. The molecule has 0 aliphatic carbocycles. The first-order valence-corrected chi connectivity index (χ1v) is 5.67. The Morgan fingerprint density at radius 1 is 1.41 bits per heavy atom. The van der Waals surface area contributed by atoms with Crippen LogP contribution < -0.4 is 10.5 Å². The van der Waals surface area contributed by atoms with E-state index in [1.54, 1.807) is 10.9 Å². The fraction of sp³-hybridized carbons (Fsp3) is 0.333. The molecular formula is C12H16N4O. The second-order valence-electron chi connectivity index (χ2n) is 3.66. The third kappa shape index (κ3) is 2.82. The molecule has 2 aromatic rings. The van der Waals surface area contributed by atoms with Gasteiger partial charge in [-0.3, -0.25) is 0 Å². The van der Waals surface area contributed by atoms with Gasteiger partial charge in [-0.15, -0.1) is 0 Å². The third-order valence-electron chi connectivity index (χ3n) is 2.27. The smallest absolute Gasteiger partial charge is 0.157 e. The van der Waals surface area contributed by atoms with Crippen LogP contribution in [0.5, 0.6) is 5.75 Å². The molecule has 2 rings (SSSR count). The van der Waals surface area contributed by atoms with Crippen LogP contribution in [0.3, 0.4) is 0 Å². The SMILES string of the molecule is CCCOc1cnn(-c2cccc(CN)n2)c1. The number of aromatic nitrogens is 3. The lowest BCUT2D eigenvalue weighted by Gasteiger charge is -2.02. The summed E-state index contributed by atoms with van der Waals surface area (Å²) in [6.07, 6.45) is 4.48. The van der Waals surface area contributed by atoms with Crippen LogP contribution in [0.1, 0.15) is 19.0 Å². The molecule has 2 aromatic heterocycles. The Morgan fingerprint density at radius 3 is 3.06 bits per heavy atom. The van der Waals surface area contributed by atoms with Gasteiger partial charge < -0.3 is 10.5 Å². The zero-order valence-electron chi connectivity index (χ0n) is 9.84. The quantitative estimate of drug-likeness (QED) is 0.848. The number of rotatable bonds is 5. The Kier molecular flexibility index (Phi) is 3.72. The largest absolute Gasteiger partial charge is 0.490 e. The van der Waals surface area contributed by atoms with E-state index in [1.165, 1.54) is 0 Å². The van der Waals surface area contributed by atoms with Gasteiger partial charge >= 0.3 is 0 Å². The van der Waals surface area contributed by atoms with Gasteiger partial charge in [0, 0.05) is 6.54 Å². The summed E-state index contributed by atoms with van der Waals surface area (Å²) in [4.78, 5) is 4.38. The maximum atomic E-state index is 5.55. The van der Waals surface area contributed by atoms with E-state index in [1.807, 2.05) is 24.4 Å². The van der Waals surface area contributed by atoms with Gasteiger partial charge in [0.15, 0.2) is 11.6 Å². The van der Waals surface area contributed by atoms with Crippen molar-refractivity contribution in [3.63, 3.8) is 0 Å². The second kappa shape index (κ2) is 5.45. The highest BCUT2D eigenvalue weighted by Crippen LogP contribution is 2.12. The predicted molar refractivity (Wildman–Crippen MR) is 65.0 cm³/mol. The molecule has 0 atom stereocenters. The molecule has 0 aromatic carbocycles. The summed E-state index contributed by atoms with van der Waals surface area (Å²) in [5.74, 6) is 1.51. The van der Waals surface area contributed by atoms with Crippen LogP contribution in [-0.4, -0.2) is 21.4 Å². The normalized spacial score (nSPS) is 10.5. The van der Waals surface area contributed by atoms with Gasteiger partial charge in [-0.05, 0) is 18.6 Å². The molecule has 0 saturated carbocycles. The fourth-order valence-corrected chi connectivity index (χ4v) is 1.43. The first-order chi connectivity index (χ1) is 8.33. The number of ether oxygens (including phenoxy) is 1. The van der Waals surface area contributed by atoms with Gasteiger partial charge in [0.25, 0.3) is 0 Å². The van der Waals surface area contributed by atoms with E-state index in [-0.39, 0.29) is 0 Å². The maximum Gasteiger partial charge on any atom is 0.157 e. The number of hydrogen-bond acceptors (Lipinski definition) is 4. The van der Waals surface area contributed by atoms with E-state index < -0.39 is 0 Å². The molecule has 0 aliphatic heterocycles. The van der Waals surface area contributed by atoms with Crippen LogP contribution >= 0.6 is 0 Å². The molecule has 2 heterocycles. The highest BCUT2D eigenvalue weighted by atomic mass is 16.5. The Balaban J connectivity index is 2.18. The minimum absolute atomic E-state index is 0.425. The molecule has 2 N–H and O–H groups in total. The summed E-state index contributed by atoms with van der Waals surface area (Å²) < 4.78 is 7.16. The number of hydrogen-bond donors (Lipinski definition) is 1. The van der Waals surface area contributed by atoms with Crippen LogP contribution in [0.15, 0.2) is 30.6 Å². The Morgan fingerprint density at radius 2 is 2.29 bits per heavy atom. The zero-order valence-corrected chi connectivity index (χ0v) is 9.84. The fourth-order valence-electron chi connectivity index (χ4n) is 1.43. The summed E-state index contributed by atoms with van der Waals surface area (Å²) >= 11 is 0. The van der Waals surface area contributed by atoms with Crippen molar-refractivity contribution >= 4 is 0 Å². The molecule has 5 heteroatoms. The molecule has 0 fully saturated rings. The molecule has 90 valence electrons. The van der Waals surface area contributed by atoms with Crippen LogP contribution in [0, 0.1) is 0 Å². The van der Waals surface area contributed by atoms with Crippen LogP contribution in [0.4, 0.5) is 0 Å². The topological polar surface area (TPSA) is 66.0 Å². The molecule has 5 nitrogen and oxygen atoms in total. The van der Waals surface area contributed by atoms with Gasteiger partial charge in [0.1, 0.15) is 0 Å². The van der Waals surface area contributed by atoms with E-state index in [2.05, 4.69) is 17.0 Å². The second-order valence-corrected chi connectivity index (χ2v) is 3.66. The van der Waals surface area contributed by atoms with Crippen LogP contribution in [0.25, 0.3) is 5.82 Å². The molecular weight excluding hydrogens is 216 g/mol. The lowest BCUT2D eigenvalue weighted by Crippen LogP contribution is -2.04. The number of nitrogens with two attached hydrogens (primary N) is 1. The molecule has 0 saturated heterocycles. The van der Waals surface area contributed by atoms with Crippen molar-refractivity contribution in [3.8, 4) is 11.6 Å². The van der Waals surface area contributed by atoms with Gasteiger partial charge in [0.05, 0.1) is 24.7 Å². The van der Waals surface area contributed by atoms with Gasteiger partial charge in [0.2, 0.25) is 0 Å². The van der Waals surface area contributed by atoms with Crippen LogP contribution in [0.2, 0.25) is 0 Å². The monoisotopic (exact) mass is 232 g/mol. The molecule has 0 radical (unpaired) electrons. The number of pyridine rings is 1. The average molecular weight is 232 g/mol. The van der Waals surface area contributed by atoms with E-state index in [0.29, 0.717) is 13.2 Å². The highest BCUT2D eigenvalue weighted by Gasteiger charge is 2.03. The van der Waals surface area contributed by atoms with Crippen molar-refractivity contribution in [1.82, 2.24) is 14.8 Å². The summed E-state index contributed by atoms with van der Waals surface area (Å²) in [5, 5.41) is 4.20. The van der Waals surface area contributed by atoms with Crippen molar-refractivity contribution in [2.45, 2.75) is 19.9 Å². The summed E-state index contributed by atoms with van der Waals surface area (Å²) in [5.41, 5.74) is 6.39. The van der Waals surface area contributed by atoms with Crippen molar-refractivity contribution in [1.29, 1.82) is 0 Å². The lowest BCUT2D eigenvalue weighted by molar-refractivity contribution is 0.317. The molecule has 0 amide bonds. The van der Waals surface area contributed by atoms with Crippen LogP contribution in [-0.2, 0) is 6.54 Å². The summed E-state index contributed by atoms with van der Waals surface area (Å²) in [7, 11) is 0. The Hall–Kier alpha value is -1.88. The Labute approximate surface area is 100 Å². The maximum absolute atomic E-state index is 5.55. The summed E-state index contributed by atoms with van der Waals surface area (Å²) in [6, 6.07) is 5.69. The van der Waals surface area contributed by atoms with Gasteiger partial charge in [-0.1, -0.05) is 13.0 Å². The van der Waals surface area contributed by atoms with Crippen molar-refractivity contribution in [2.75, 3.05) is 6.61 Å². The minimum atomic E-state index is 0.425. The molecule has 0 unspecified atom stereocenters. The predicted octanol–water partition coefficient (Wildman–Crippen LogP) is 1.51. The van der Waals surface area contributed by atoms with E-state index in [4.69, 9.17) is 10.5 Å². The average Bonchev–Trinajstić information content (AvgIpc) is 2.85. The van der Waals surface area contributed by atoms with Gasteiger partial charge in [-0.25, -0.2) is 9.67 Å². The zero-order chi connectivity index (χ0) is 12.1. The Bertz CT molecular complexity index is 481. The van der Waals surface area contributed by atoms with Crippen molar-refractivity contribution in [3.05, 3.63) is 36.3 Å². The molecule has 0 bridgehead atoms. The van der Waals surface area contributed by atoms with E-state index in [9.17, 15) is 0 Å². The third-order valence-corrected chi connectivity index (χ3v) is 2.27. The van der Waals surface area contributed by atoms with Crippen molar-refractivity contribution < 1.29 is 4.74 Å². The van der Waals surface area contributed by atoms with Crippen molar-refractivity contribution in [2.24, 2.45) is 5.73 Å². The van der Waals surface area contributed by atoms with E-state index in [0.717, 1.165) is 23.7 Å². The minimum Gasteiger partial charge on any atom is -0.490 e. The highest BCUT2D eigenvalue weighted by molar-refractivity contribution is 5.26. The molecule has 0 aliphatic rings. The standard InChI is InChI=1S/C12H16N4O/c1-2-6-17-11-8-14-16(9-11)12-5-3-4-10(7-13)15-12/h3-5,8-9H,2,6-7,13H2,1H3. The lowest BCUT2D eigenvalue weighted by atomic mass is 10.3. The first-order valence-electron chi connectivity index (χ1n) is 5.67. The van der Waals surface area contributed by atoms with E-state index >= 15 is 0 Å². The van der Waals surface area contributed by atoms with Gasteiger partial charge in [-0.2, -0.15) is 5.10 Å². The molecule has 0 spiro atoms. The summed E-state index contributed by atoms with van der Waals surface area (Å²) in [6.45, 7) is 3.19. The first kappa shape index (κ1) is 11.6. The number of nitrogens with zero attached hydrogens (tertiary/aromatic N) is 3.